The lowest BCUT2D eigenvalue weighted by Crippen LogP contribution is -2.15. The predicted molar refractivity (Wildman–Crippen MR) is 76.2 cm³/mol. The highest BCUT2D eigenvalue weighted by atomic mass is 19.1. The largest absolute Gasteiger partial charge is 0.395 e. The smallest absolute Gasteiger partial charge is 0.278 e. The van der Waals surface area contributed by atoms with Crippen molar-refractivity contribution in [2.75, 3.05) is 11.1 Å². The number of hydrogen-bond acceptors (Lipinski definition) is 3. The van der Waals surface area contributed by atoms with E-state index in [0.29, 0.717) is 11.4 Å². The van der Waals surface area contributed by atoms with Crippen LogP contribution in [0, 0.1) is 12.7 Å². The molecule has 0 aliphatic heterocycles. The number of H-pyrrole nitrogens is 1. The van der Waals surface area contributed by atoms with Gasteiger partial charge in [-0.3, -0.25) is 9.89 Å². The van der Waals surface area contributed by atoms with E-state index in [1.807, 2.05) is 20.8 Å². The topological polar surface area (TPSA) is 83.8 Å². The Morgan fingerprint density at radius 2 is 2.15 bits per heavy atom. The van der Waals surface area contributed by atoms with Gasteiger partial charge in [0.15, 0.2) is 5.69 Å². The van der Waals surface area contributed by atoms with E-state index in [1.165, 1.54) is 6.07 Å². The normalized spacial score (nSPS) is 10.8. The van der Waals surface area contributed by atoms with E-state index >= 15 is 0 Å². The van der Waals surface area contributed by atoms with E-state index in [-0.39, 0.29) is 17.3 Å². The number of carbonyl (C=O) groups excluding carboxylic acids is 1. The minimum atomic E-state index is -0.532. The molecule has 20 heavy (non-hydrogen) atoms. The Hall–Kier alpha value is -2.37. The number of aromatic amines is 1. The van der Waals surface area contributed by atoms with Crippen molar-refractivity contribution in [1.29, 1.82) is 0 Å². The fourth-order valence-corrected chi connectivity index (χ4v) is 1.89. The molecule has 4 N–H and O–H groups in total. The Morgan fingerprint density at radius 1 is 1.45 bits per heavy atom. The first-order chi connectivity index (χ1) is 9.40. The van der Waals surface area contributed by atoms with Gasteiger partial charge < -0.3 is 11.1 Å². The molecule has 0 fully saturated rings. The molecule has 0 radical (unpaired) electrons. The molecule has 0 unspecified atom stereocenters. The van der Waals surface area contributed by atoms with Crippen molar-refractivity contribution in [1.82, 2.24) is 10.2 Å². The molecule has 1 aromatic heterocycles. The van der Waals surface area contributed by atoms with Crippen LogP contribution < -0.4 is 11.1 Å². The van der Waals surface area contributed by atoms with Crippen molar-refractivity contribution >= 4 is 17.3 Å². The monoisotopic (exact) mass is 276 g/mol. The average molecular weight is 276 g/mol. The van der Waals surface area contributed by atoms with Crippen molar-refractivity contribution < 1.29 is 9.18 Å². The van der Waals surface area contributed by atoms with Gasteiger partial charge in [0.05, 0.1) is 17.1 Å². The van der Waals surface area contributed by atoms with Gasteiger partial charge in [0, 0.05) is 0 Å². The molecule has 6 heteroatoms. The van der Waals surface area contributed by atoms with Crippen LogP contribution in [0.1, 0.15) is 41.5 Å². The zero-order valence-electron chi connectivity index (χ0n) is 11.6. The summed E-state index contributed by atoms with van der Waals surface area (Å²) in [5, 5.41) is 9.12. The third-order valence-corrected chi connectivity index (χ3v) is 3.00. The summed E-state index contributed by atoms with van der Waals surface area (Å²) in [5.74, 6) is -0.906. The van der Waals surface area contributed by atoms with E-state index in [0.717, 1.165) is 5.56 Å². The molecule has 1 aromatic carbocycles. The van der Waals surface area contributed by atoms with Crippen LogP contribution >= 0.6 is 0 Å². The van der Waals surface area contributed by atoms with Crippen molar-refractivity contribution in [3.05, 3.63) is 41.0 Å². The summed E-state index contributed by atoms with van der Waals surface area (Å²) < 4.78 is 13.6. The lowest BCUT2D eigenvalue weighted by molar-refractivity contribution is 0.102. The van der Waals surface area contributed by atoms with Crippen molar-refractivity contribution in [3.63, 3.8) is 0 Å². The van der Waals surface area contributed by atoms with E-state index in [1.54, 1.807) is 12.1 Å². The summed E-state index contributed by atoms with van der Waals surface area (Å²) in [6.45, 7) is 5.69. The lowest BCUT2D eigenvalue weighted by atomic mass is 10.1. The standard InChI is InChI=1S/C14H17FN4O/c1-7(2)12-11(16)13(19-18-12)14(20)17-10-6-8(3)4-5-9(10)15/h4-7H,16H2,1-3H3,(H,17,20)(H,18,19). The zero-order chi connectivity index (χ0) is 14.9. The van der Waals surface area contributed by atoms with E-state index < -0.39 is 11.7 Å². The van der Waals surface area contributed by atoms with Gasteiger partial charge in [-0.25, -0.2) is 4.39 Å². The van der Waals surface area contributed by atoms with Crippen molar-refractivity contribution in [2.24, 2.45) is 0 Å². The molecule has 0 aliphatic rings. The number of halogens is 1. The van der Waals surface area contributed by atoms with Crippen molar-refractivity contribution in [3.8, 4) is 0 Å². The molecule has 0 saturated heterocycles. The summed E-state index contributed by atoms with van der Waals surface area (Å²) >= 11 is 0. The van der Waals surface area contributed by atoms with Crippen LogP contribution in [0.15, 0.2) is 18.2 Å². The number of benzene rings is 1. The number of aromatic nitrogens is 2. The van der Waals surface area contributed by atoms with Crippen LogP contribution in [-0.2, 0) is 0 Å². The zero-order valence-corrected chi connectivity index (χ0v) is 11.6. The molecule has 106 valence electrons. The SMILES string of the molecule is Cc1ccc(F)c(NC(=O)c2n[nH]c(C(C)C)c2N)c1. The first kappa shape index (κ1) is 14.0. The third kappa shape index (κ3) is 2.64. The molecular formula is C14H17FN4O. The Balaban J connectivity index is 2.26. The second-order valence-electron chi connectivity index (χ2n) is 4.99. The van der Waals surface area contributed by atoms with Gasteiger partial charge >= 0.3 is 0 Å². The number of nitrogens with two attached hydrogens (primary N) is 1. The number of nitrogens with one attached hydrogen (secondary N) is 2. The molecule has 0 spiro atoms. The maximum atomic E-state index is 13.6. The summed E-state index contributed by atoms with van der Waals surface area (Å²) in [6, 6.07) is 4.49. The quantitative estimate of drug-likeness (QED) is 0.806. The number of nitrogen functional groups attached to an aromatic ring is 1. The summed E-state index contributed by atoms with van der Waals surface area (Å²) in [5.41, 5.74) is 7.91. The van der Waals surface area contributed by atoms with Crippen LogP contribution in [0.2, 0.25) is 0 Å². The molecular weight excluding hydrogens is 259 g/mol. The summed E-state index contributed by atoms with van der Waals surface area (Å²) in [4.78, 5) is 12.1. The number of anilines is 2. The third-order valence-electron chi connectivity index (χ3n) is 3.00. The molecule has 1 heterocycles. The number of rotatable bonds is 3. The summed E-state index contributed by atoms with van der Waals surface area (Å²) in [6.07, 6.45) is 0. The number of nitrogens with zero attached hydrogens (tertiary/aromatic N) is 1. The number of carbonyl (C=O) groups is 1. The van der Waals surface area contributed by atoms with Gasteiger partial charge in [0.2, 0.25) is 0 Å². The van der Waals surface area contributed by atoms with Crippen LogP contribution in [0.4, 0.5) is 15.8 Å². The Kier molecular flexibility index (Phi) is 3.74. The molecule has 0 saturated carbocycles. The molecule has 2 aromatic rings. The van der Waals surface area contributed by atoms with E-state index in [9.17, 15) is 9.18 Å². The van der Waals surface area contributed by atoms with Gasteiger partial charge in [0.25, 0.3) is 5.91 Å². The molecule has 1 amide bonds. The highest BCUT2D eigenvalue weighted by Crippen LogP contribution is 2.23. The first-order valence-electron chi connectivity index (χ1n) is 6.31. The van der Waals surface area contributed by atoms with E-state index in [2.05, 4.69) is 15.5 Å². The van der Waals surface area contributed by atoms with Crippen LogP contribution in [0.3, 0.4) is 0 Å². The first-order valence-corrected chi connectivity index (χ1v) is 6.31. The summed E-state index contributed by atoms with van der Waals surface area (Å²) in [7, 11) is 0. The fourth-order valence-electron chi connectivity index (χ4n) is 1.89. The van der Waals surface area contributed by atoms with Crippen LogP contribution in [-0.4, -0.2) is 16.1 Å². The van der Waals surface area contributed by atoms with Gasteiger partial charge in [-0.2, -0.15) is 5.10 Å². The van der Waals surface area contributed by atoms with Gasteiger partial charge in [-0.05, 0) is 30.5 Å². The minimum absolute atomic E-state index is 0.0783. The van der Waals surface area contributed by atoms with Gasteiger partial charge in [0.1, 0.15) is 5.82 Å². The number of hydrogen-bond donors (Lipinski definition) is 3. The Labute approximate surface area is 116 Å². The molecule has 0 bridgehead atoms. The Morgan fingerprint density at radius 3 is 2.75 bits per heavy atom. The molecule has 2 rings (SSSR count). The average Bonchev–Trinajstić information content (AvgIpc) is 2.76. The highest BCUT2D eigenvalue weighted by Gasteiger charge is 2.19. The number of amides is 1. The second-order valence-corrected chi connectivity index (χ2v) is 4.99. The maximum absolute atomic E-state index is 13.6. The van der Waals surface area contributed by atoms with Crippen molar-refractivity contribution in [2.45, 2.75) is 26.7 Å². The predicted octanol–water partition coefficient (Wildman–Crippen LogP) is 2.82. The molecule has 0 atom stereocenters. The maximum Gasteiger partial charge on any atom is 0.278 e. The van der Waals surface area contributed by atoms with Gasteiger partial charge in [-0.1, -0.05) is 19.9 Å². The second kappa shape index (κ2) is 5.32. The number of aryl methyl sites for hydroxylation is 1. The van der Waals surface area contributed by atoms with Gasteiger partial charge in [-0.15, -0.1) is 0 Å². The molecule has 5 nitrogen and oxygen atoms in total. The van der Waals surface area contributed by atoms with Crippen LogP contribution in [0.25, 0.3) is 0 Å². The molecule has 0 aliphatic carbocycles. The lowest BCUT2D eigenvalue weighted by Gasteiger charge is -2.07. The Bertz CT molecular complexity index is 649. The fraction of sp³-hybridized carbons (Fsp3) is 0.286. The van der Waals surface area contributed by atoms with E-state index in [4.69, 9.17) is 5.73 Å². The highest BCUT2D eigenvalue weighted by molar-refractivity contribution is 6.06. The van der Waals surface area contributed by atoms with Crippen LogP contribution in [0.5, 0.6) is 0 Å². The minimum Gasteiger partial charge on any atom is -0.395 e.